The van der Waals surface area contributed by atoms with E-state index in [-0.39, 0.29) is 33.0 Å². The summed E-state index contributed by atoms with van der Waals surface area (Å²) in [7, 11) is 0. The summed E-state index contributed by atoms with van der Waals surface area (Å²) in [6.45, 7) is 35.6. The van der Waals surface area contributed by atoms with Crippen LogP contribution < -0.4 is 9.80 Å². The number of nitrogens with zero attached hydrogens (tertiary/aromatic N) is 3. The van der Waals surface area contributed by atoms with E-state index in [9.17, 15) is 0 Å². The molecule has 17 rings (SSSR count). The molecular formula is C100H93N3. The molecule has 0 bridgehead atoms. The molecule has 14 aromatic rings. The molecular weight excluding hydrogens is 1240 g/mol. The van der Waals surface area contributed by atoms with Crippen molar-refractivity contribution >= 4 is 55.9 Å². The van der Waals surface area contributed by atoms with Gasteiger partial charge in [0.1, 0.15) is 0 Å². The van der Waals surface area contributed by atoms with Crippen LogP contribution in [-0.4, -0.2) is 4.57 Å². The maximum absolute atomic E-state index is 2.79. The topological polar surface area (TPSA) is 11.4 Å². The molecule has 0 saturated carbocycles. The van der Waals surface area contributed by atoms with E-state index in [1.165, 1.54) is 145 Å². The van der Waals surface area contributed by atoms with Crippen LogP contribution in [0.4, 0.5) is 34.1 Å². The van der Waals surface area contributed by atoms with Gasteiger partial charge in [-0.15, -0.1) is 0 Å². The van der Waals surface area contributed by atoms with Gasteiger partial charge in [0, 0.05) is 50.2 Å². The number of fused-ring (bicyclic) bond motifs is 10. The van der Waals surface area contributed by atoms with E-state index in [1.54, 1.807) is 0 Å². The van der Waals surface area contributed by atoms with Crippen molar-refractivity contribution in [1.29, 1.82) is 0 Å². The Hall–Kier alpha value is -10.7. The largest absolute Gasteiger partial charge is 0.309 e. The van der Waals surface area contributed by atoms with Crippen molar-refractivity contribution in [2.45, 2.75) is 143 Å². The molecule has 3 heterocycles. The van der Waals surface area contributed by atoms with Gasteiger partial charge in [-0.3, -0.25) is 0 Å². The monoisotopic (exact) mass is 1340 g/mol. The molecule has 3 heteroatoms. The van der Waals surface area contributed by atoms with Crippen LogP contribution in [0.3, 0.4) is 0 Å². The Labute approximate surface area is 610 Å². The minimum atomic E-state index is -0.318. The van der Waals surface area contributed by atoms with Crippen LogP contribution in [0.2, 0.25) is 0 Å². The minimum absolute atomic E-state index is 0.0737. The third kappa shape index (κ3) is 11.0. The van der Waals surface area contributed by atoms with Gasteiger partial charge in [-0.05, 0) is 189 Å². The zero-order valence-electron chi connectivity index (χ0n) is 62.6. The zero-order chi connectivity index (χ0) is 71.4. The molecule has 13 aromatic carbocycles. The Morgan fingerprint density at radius 3 is 1.36 bits per heavy atom. The second-order valence-electron chi connectivity index (χ2n) is 34.5. The number of para-hydroxylation sites is 2. The lowest BCUT2D eigenvalue weighted by atomic mass is 9.71. The second kappa shape index (κ2) is 23.9. The van der Waals surface area contributed by atoms with Crippen LogP contribution >= 0.6 is 0 Å². The highest BCUT2D eigenvalue weighted by Gasteiger charge is 2.46. The molecule has 0 spiro atoms. The predicted octanol–water partition coefficient (Wildman–Crippen LogP) is 27.9. The average molecular weight is 1340 g/mol. The fraction of sp³-hybridized carbons (Fsp3) is 0.220. The Morgan fingerprint density at radius 1 is 0.282 bits per heavy atom. The van der Waals surface area contributed by atoms with E-state index in [2.05, 4.69) is 391 Å². The summed E-state index contributed by atoms with van der Waals surface area (Å²) < 4.78 is 2.52. The lowest BCUT2D eigenvalue weighted by molar-refractivity contribution is 0.569. The Kier molecular flexibility index (Phi) is 15.2. The van der Waals surface area contributed by atoms with Crippen molar-refractivity contribution in [2.24, 2.45) is 0 Å². The first-order valence-corrected chi connectivity index (χ1v) is 37.2. The van der Waals surface area contributed by atoms with Gasteiger partial charge in [0.15, 0.2) is 0 Å². The summed E-state index contributed by atoms with van der Waals surface area (Å²) in [6, 6.07) is 106. The molecule has 0 amide bonds. The summed E-state index contributed by atoms with van der Waals surface area (Å²) >= 11 is 0. The number of anilines is 6. The van der Waals surface area contributed by atoms with Gasteiger partial charge < -0.3 is 14.4 Å². The predicted molar refractivity (Wildman–Crippen MR) is 440 cm³/mol. The first kappa shape index (κ1) is 65.6. The maximum Gasteiger partial charge on any atom is 0.0626 e. The number of hydrogen-bond donors (Lipinski definition) is 0. The van der Waals surface area contributed by atoms with E-state index >= 15 is 0 Å². The van der Waals surface area contributed by atoms with Gasteiger partial charge in [-0.2, -0.15) is 0 Å². The van der Waals surface area contributed by atoms with Crippen molar-refractivity contribution in [3.8, 4) is 72.4 Å². The van der Waals surface area contributed by atoms with Crippen molar-refractivity contribution in [3.63, 3.8) is 0 Å². The fourth-order valence-electron chi connectivity index (χ4n) is 16.9. The molecule has 0 N–H and O–H groups in total. The van der Waals surface area contributed by atoms with Crippen molar-refractivity contribution in [1.82, 2.24) is 4.57 Å². The highest BCUT2D eigenvalue weighted by molar-refractivity contribution is 6.22. The van der Waals surface area contributed by atoms with Gasteiger partial charge in [0.25, 0.3) is 0 Å². The Morgan fingerprint density at radius 2 is 0.757 bits per heavy atom. The van der Waals surface area contributed by atoms with E-state index in [1.807, 2.05) is 0 Å². The number of rotatable bonds is 8. The molecule has 1 atom stereocenters. The molecule has 508 valence electrons. The summed E-state index contributed by atoms with van der Waals surface area (Å²) in [5.41, 5.74) is 37.4. The van der Waals surface area contributed by atoms with Gasteiger partial charge in [0.2, 0.25) is 0 Å². The lowest BCUT2D eigenvalue weighted by Crippen LogP contribution is -2.31. The van der Waals surface area contributed by atoms with Crippen LogP contribution in [0.1, 0.15) is 165 Å². The van der Waals surface area contributed by atoms with Crippen LogP contribution in [0, 0.1) is 0 Å². The molecule has 1 aromatic heterocycles. The van der Waals surface area contributed by atoms with Gasteiger partial charge in [0.05, 0.1) is 45.2 Å². The molecule has 0 saturated heterocycles. The molecule has 0 radical (unpaired) electrons. The van der Waals surface area contributed by atoms with Gasteiger partial charge >= 0.3 is 0 Å². The zero-order valence-corrected chi connectivity index (χ0v) is 62.6. The van der Waals surface area contributed by atoms with Gasteiger partial charge in [-0.1, -0.05) is 316 Å². The molecule has 1 aliphatic carbocycles. The quantitative estimate of drug-likeness (QED) is 0.150. The second-order valence-corrected chi connectivity index (χ2v) is 34.5. The number of hydrogen-bond acceptors (Lipinski definition) is 2. The highest BCUT2D eigenvalue weighted by atomic mass is 15.2. The Bertz CT molecular complexity index is 5660. The molecule has 2 aliphatic heterocycles. The van der Waals surface area contributed by atoms with E-state index in [0.29, 0.717) is 0 Å². The number of benzene rings is 13. The summed E-state index contributed by atoms with van der Waals surface area (Å²) in [5, 5.41) is 2.42. The van der Waals surface area contributed by atoms with E-state index in [4.69, 9.17) is 0 Å². The first-order valence-electron chi connectivity index (χ1n) is 37.2. The van der Waals surface area contributed by atoms with Crippen LogP contribution in [0.15, 0.2) is 273 Å². The van der Waals surface area contributed by atoms with Crippen molar-refractivity contribution in [3.05, 3.63) is 329 Å². The number of aromatic nitrogens is 1. The third-order valence-corrected chi connectivity index (χ3v) is 22.5. The van der Waals surface area contributed by atoms with Gasteiger partial charge in [-0.25, -0.2) is 0 Å². The minimum Gasteiger partial charge on any atom is -0.309 e. The molecule has 1 unspecified atom stereocenters. The molecule has 3 nitrogen and oxygen atoms in total. The molecule has 3 aliphatic rings. The van der Waals surface area contributed by atoms with E-state index < -0.39 is 0 Å². The normalized spacial score (nSPS) is 14.2. The fourth-order valence-corrected chi connectivity index (χ4v) is 16.9. The third-order valence-electron chi connectivity index (χ3n) is 22.5. The Balaban J connectivity index is 1.10. The van der Waals surface area contributed by atoms with E-state index in [0.717, 1.165) is 45.5 Å². The smallest absolute Gasteiger partial charge is 0.0626 e. The summed E-state index contributed by atoms with van der Waals surface area (Å²) in [5.74, 6) is -0.215. The maximum atomic E-state index is 2.79. The average Bonchev–Trinajstić information content (AvgIpc) is 1.31. The summed E-state index contributed by atoms with van der Waals surface area (Å²) in [6.07, 6.45) is 0.858. The molecule has 0 fully saturated rings. The van der Waals surface area contributed by atoms with Crippen molar-refractivity contribution in [2.75, 3.05) is 9.80 Å². The molecule has 103 heavy (non-hydrogen) atoms. The first-order chi connectivity index (χ1) is 49.3. The van der Waals surface area contributed by atoms with Crippen molar-refractivity contribution < 1.29 is 0 Å². The van der Waals surface area contributed by atoms with Crippen LogP contribution in [-0.2, 0) is 33.5 Å². The summed E-state index contributed by atoms with van der Waals surface area (Å²) in [4.78, 5) is 5.57. The SMILES string of the molecule is CC(C)(C)c1ccc(-c2c(N3c4ccc(-c5cc(C(C)(C)C)cc(C(C)(C)C)c5)cc4C4c5ccc(C(C)(C)C)cc5N(c5c(-c6ccccc6)cc6c(c5-c5ccccc5)-c5ccccc5C6)c5cc(C(C)(C)C)cc3c54)c(-c3ccccc3)cc3c2c2ccccc2n3-c2ccccc2)cc1. The van der Waals surface area contributed by atoms with Crippen LogP contribution in [0.5, 0.6) is 0 Å². The lowest BCUT2D eigenvalue weighted by Gasteiger charge is -2.47. The highest BCUT2D eigenvalue weighted by Crippen LogP contribution is 2.66. The van der Waals surface area contributed by atoms with Crippen LogP contribution in [0.25, 0.3) is 94.3 Å². The standard InChI is InChI=1S/C100H93N3/c1-96(2,3)70-47-44-65(45-48-70)90-92-77-42-30-31-43-82(77)101(75-39-26-19-27-40-75)87(92)61-80(63-34-22-17-23-35-63)95(90)102-83-51-46-66(68-53-72(98(7,8)9)57-73(54-68)99(10,11)12)55-81(83)91-78-50-49-71(97(4,5)6)58-84(78)103(86-60-74(100(13,14)15)59-85(102)93(86)91)94-79(62-32-20-16-21-33-62)56-69-52-67-38-28-29-41-76(67)88(69)89(94)64-36-24-18-25-37-64/h16-51,53-61,91H,52H2,1-15H3.